The molecule has 116 valence electrons. The summed E-state index contributed by atoms with van der Waals surface area (Å²) in [5.41, 5.74) is 6.25. The molecule has 1 aromatic carbocycles. The fourth-order valence-electron chi connectivity index (χ4n) is 1.63. The number of carbonyl (C=O) groups is 1. The lowest BCUT2D eigenvalue weighted by Gasteiger charge is -2.10. The van der Waals surface area contributed by atoms with Gasteiger partial charge in [0.15, 0.2) is 0 Å². The SMILES string of the molecule is CCCNc1cc(NCCOCC(N)=O)cc([N+](=O)[O-])c1. The molecule has 4 N–H and O–H groups in total. The molecule has 8 heteroatoms. The molecule has 0 bridgehead atoms. The van der Waals surface area contributed by atoms with Gasteiger partial charge in [-0.25, -0.2) is 0 Å². The van der Waals surface area contributed by atoms with Crippen molar-refractivity contribution in [3.8, 4) is 0 Å². The molecule has 0 unspecified atom stereocenters. The maximum Gasteiger partial charge on any atom is 0.273 e. The van der Waals surface area contributed by atoms with E-state index in [4.69, 9.17) is 10.5 Å². The Balaban J connectivity index is 2.60. The number of non-ortho nitro benzene ring substituents is 1. The van der Waals surface area contributed by atoms with Gasteiger partial charge in [-0.2, -0.15) is 0 Å². The van der Waals surface area contributed by atoms with Crippen LogP contribution in [0.4, 0.5) is 17.1 Å². The number of hydrogen-bond acceptors (Lipinski definition) is 6. The molecule has 8 nitrogen and oxygen atoms in total. The summed E-state index contributed by atoms with van der Waals surface area (Å²) in [6.45, 7) is 3.31. The highest BCUT2D eigenvalue weighted by molar-refractivity contribution is 5.75. The van der Waals surface area contributed by atoms with Crippen molar-refractivity contribution >= 4 is 23.0 Å². The topological polar surface area (TPSA) is 120 Å². The van der Waals surface area contributed by atoms with E-state index in [1.54, 1.807) is 6.07 Å². The Bertz CT molecular complexity index is 493. The van der Waals surface area contributed by atoms with Crippen molar-refractivity contribution in [2.75, 3.05) is 36.9 Å². The first kappa shape index (κ1) is 16.7. The third-order valence-corrected chi connectivity index (χ3v) is 2.53. The predicted molar refractivity (Wildman–Crippen MR) is 80.4 cm³/mol. The van der Waals surface area contributed by atoms with Gasteiger partial charge < -0.3 is 21.1 Å². The number of ether oxygens (including phenoxy) is 1. The molecular formula is C13H20N4O4. The monoisotopic (exact) mass is 296 g/mol. The van der Waals surface area contributed by atoms with Crippen LogP contribution in [0.5, 0.6) is 0 Å². The standard InChI is InChI=1S/C13H20N4O4/c1-2-3-15-10-6-11(8-12(7-10)17(19)20)16-4-5-21-9-13(14)18/h6-8,15-16H,2-5,9H2,1H3,(H2,14,18). The average Bonchev–Trinajstić information content (AvgIpc) is 2.44. The molecule has 0 heterocycles. The number of primary amides is 1. The Morgan fingerprint density at radius 1 is 1.29 bits per heavy atom. The maximum absolute atomic E-state index is 10.9. The van der Waals surface area contributed by atoms with Crippen LogP contribution in [-0.4, -0.2) is 37.1 Å². The zero-order chi connectivity index (χ0) is 15.7. The quantitative estimate of drug-likeness (QED) is 0.340. The van der Waals surface area contributed by atoms with Gasteiger partial charge in [0.25, 0.3) is 5.69 Å². The van der Waals surface area contributed by atoms with E-state index in [1.165, 1.54) is 12.1 Å². The molecule has 0 aliphatic carbocycles. The molecular weight excluding hydrogens is 276 g/mol. The van der Waals surface area contributed by atoms with E-state index in [0.717, 1.165) is 13.0 Å². The second kappa shape index (κ2) is 8.75. The summed E-state index contributed by atoms with van der Waals surface area (Å²) in [5, 5.41) is 17.0. The Kier molecular flexibility index (Phi) is 6.96. The highest BCUT2D eigenvalue weighted by atomic mass is 16.6. The van der Waals surface area contributed by atoms with Crippen LogP contribution >= 0.6 is 0 Å². The van der Waals surface area contributed by atoms with Crippen molar-refractivity contribution < 1.29 is 14.5 Å². The van der Waals surface area contributed by atoms with Crippen LogP contribution in [-0.2, 0) is 9.53 Å². The van der Waals surface area contributed by atoms with E-state index in [1.807, 2.05) is 6.92 Å². The minimum absolute atomic E-state index is 0.0108. The fraction of sp³-hybridized carbons (Fsp3) is 0.462. The van der Waals surface area contributed by atoms with Gasteiger partial charge >= 0.3 is 0 Å². The van der Waals surface area contributed by atoms with Crippen LogP contribution in [0.2, 0.25) is 0 Å². The van der Waals surface area contributed by atoms with Crippen LogP contribution in [0.25, 0.3) is 0 Å². The van der Waals surface area contributed by atoms with E-state index in [0.29, 0.717) is 17.9 Å². The van der Waals surface area contributed by atoms with Gasteiger partial charge in [0, 0.05) is 36.6 Å². The molecule has 1 rings (SSSR count). The number of nitro groups is 1. The molecule has 0 spiro atoms. The van der Waals surface area contributed by atoms with E-state index in [2.05, 4.69) is 10.6 Å². The highest BCUT2D eigenvalue weighted by Crippen LogP contribution is 2.24. The number of hydrogen-bond donors (Lipinski definition) is 3. The third-order valence-electron chi connectivity index (χ3n) is 2.53. The molecule has 1 aromatic rings. The van der Waals surface area contributed by atoms with Crippen LogP contribution in [0.1, 0.15) is 13.3 Å². The molecule has 0 aliphatic heterocycles. The zero-order valence-corrected chi connectivity index (χ0v) is 11.9. The van der Waals surface area contributed by atoms with Gasteiger partial charge in [-0.15, -0.1) is 0 Å². The highest BCUT2D eigenvalue weighted by Gasteiger charge is 2.09. The predicted octanol–water partition coefficient (Wildman–Crippen LogP) is 1.33. The summed E-state index contributed by atoms with van der Waals surface area (Å²) < 4.78 is 5.00. The van der Waals surface area contributed by atoms with Crippen molar-refractivity contribution in [1.82, 2.24) is 0 Å². The second-order valence-electron chi connectivity index (χ2n) is 4.40. The number of benzene rings is 1. The first-order valence-electron chi connectivity index (χ1n) is 6.66. The molecule has 0 radical (unpaired) electrons. The minimum atomic E-state index is -0.531. The number of nitrogens with two attached hydrogens (primary N) is 1. The number of nitrogens with one attached hydrogen (secondary N) is 2. The van der Waals surface area contributed by atoms with Crippen molar-refractivity contribution in [2.24, 2.45) is 5.73 Å². The van der Waals surface area contributed by atoms with E-state index in [9.17, 15) is 14.9 Å². The Hall–Kier alpha value is -2.35. The molecule has 1 amide bonds. The van der Waals surface area contributed by atoms with Crippen LogP contribution in [0.3, 0.4) is 0 Å². The van der Waals surface area contributed by atoms with Crippen molar-refractivity contribution in [1.29, 1.82) is 0 Å². The van der Waals surface area contributed by atoms with Crippen LogP contribution in [0.15, 0.2) is 18.2 Å². The van der Waals surface area contributed by atoms with Crippen molar-refractivity contribution in [3.05, 3.63) is 28.3 Å². The average molecular weight is 296 g/mol. The normalized spacial score (nSPS) is 10.1. The Morgan fingerprint density at radius 3 is 2.43 bits per heavy atom. The number of carbonyl (C=O) groups excluding carboxylic acids is 1. The smallest absolute Gasteiger partial charge is 0.273 e. The van der Waals surface area contributed by atoms with Crippen LogP contribution < -0.4 is 16.4 Å². The van der Waals surface area contributed by atoms with Crippen molar-refractivity contribution in [3.63, 3.8) is 0 Å². The second-order valence-corrected chi connectivity index (χ2v) is 4.40. The fourth-order valence-corrected chi connectivity index (χ4v) is 1.63. The molecule has 0 aliphatic rings. The molecule has 0 saturated carbocycles. The summed E-state index contributed by atoms with van der Waals surface area (Å²) in [4.78, 5) is 21.0. The molecule has 0 aromatic heterocycles. The van der Waals surface area contributed by atoms with Crippen molar-refractivity contribution in [2.45, 2.75) is 13.3 Å². The Labute approximate surface area is 122 Å². The van der Waals surface area contributed by atoms with Gasteiger partial charge in [-0.3, -0.25) is 14.9 Å². The van der Waals surface area contributed by atoms with Gasteiger partial charge in [0.05, 0.1) is 11.5 Å². The first-order chi connectivity index (χ1) is 10.0. The lowest BCUT2D eigenvalue weighted by atomic mass is 10.2. The summed E-state index contributed by atoms with van der Waals surface area (Å²) in [6.07, 6.45) is 0.923. The minimum Gasteiger partial charge on any atom is -0.385 e. The summed E-state index contributed by atoms with van der Waals surface area (Å²) in [6, 6.07) is 4.73. The van der Waals surface area contributed by atoms with Gasteiger partial charge in [0.2, 0.25) is 5.91 Å². The molecule has 0 saturated heterocycles. The van der Waals surface area contributed by atoms with Gasteiger partial charge in [-0.05, 0) is 12.5 Å². The largest absolute Gasteiger partial charge is 0.385 e. The maximum atomic E-state index is 10.9. The number of rotatable bonds is 10. The summed E-state index contributed by atoms with van der Waals surface area (Å²) >= 11 is 0. The van der Waals surface area contributed by atoms with Crippen LogP contribution in [0, 0.1) is 10.1 Å². The first-order valence-corrected chi connectivity index (χ1v) is 6.66. The summed E-state index contributed by atoms with van der Waals surface area (Å²) in [5.74, 6) is -0.531. The molecule has 0 atom stereocenters. The molecule has 0 fully saturated rings. The molecule has 21 heavy (non-hydrogen) atoms. The Morgan fingerprint density at radius 2 is 1.90 bits per heavy atom. The lowest BCUT2D eigenvalue weighted by molar-refractivity contribution is -0.384. The van der Waals surface area contributed by atoms with Gasteiger partial charge in [-0.1, -0.05) is 6.92 Å². The van der Waals surface area contributed by atoms with E-state index in [-0.39, 0.29) is 18.9 Å². The van der Waals surface area contributed by atoms with Gasteiger partial charge in [0.1, 0.15) is 6.61 Å². The lowest BCUT2D eigenvalue weighted by Crippen LogP contribution is -2.20. The number of nitrogens with zero attached hydrogens (tertiary/aromatic N) is 1. The van der Waals surface area contributed by atoms with E-state index < -0.39 is 10.8 Å². The third kappa shape index (κ3) is 6.57. The number of nitro benzene ring substituents is 1. The number of amides is 1. The zero-order valence-electron chi connectivity index (χ0n) is 11.9. The summed E-state index contributed by atoms with van der Waals surface area (Å²) in [7, 11) is 0. The van der Waals surface area contributed by atoms with E-state index >= 15 is 0 Å². The number of anilines is 2.